The first-order valence-corrected chi connectivity index (χ1v) is 8.21. The maximum atomic E-state index is 12.6. The smallest absolute Gasteiger partial charge is 0.416 e. The number of anilines is 1. The van der Waals surface area contributed by atoms with Crippen LogP contribution in [0.5, 0.6) is 5.75 Å². The molecule has 0 aliphatic heterocycles. The molecule has 1 amide bonds. The number of hydrogen-bond acceptors (Lipinski definition) is 5. The highest BCUT2D eigenvalue weighted by Gasteiger charge is 2.30. The molecule has 0 saturated carbocycles. The summed E-state index contributed by atoms with van der Waals surface area (Å²) >= 11 is 0. The minimum absolute atomic E-state index is 0.0921. The van der Waals surface area contributed by atoms with Crippen molar-refractivity contribution < 1.29 is 27.1 Å². The molecular formula is C19H16F3N3O3. The van der Waals surface area contributed by atoms with Crippen LogP contribution in [0.2, 0.25) is 0 Å². The van der Waals surface area contributed by atoms with Gasteiger partial charge in [-0.2, -0.15) is 13.2 Å². The van der Waals surface area contributed by atoms with Gasteiger partial charge in [-0.25, -0.2) is 0 Å². The lowest BCUT2D eigenvalue weighted by atomic mass is 10.1. The zero-order chi connectivity index (χ0) is 20.3. The van der Waals surface area contributed by atoms with Gasteiger partial charge < -0.3 is 14.5 Å². The van der Waals surface area contributed by atoms with E-state index in [1.54, 1.807) is 25.1 Å². The summed E-state index contributed by atoms with van der Waals surface area (Å²) in [6, 6.07) is 9.41. The number of rotatable bonds is 5. The number of aryl methyl sites for hydroxylation is 1. The molecule has 0 atom stereocenters. The van der Waals surface area contributed by atoms with Gasteiger partial charge in [0.2, 0.25) is 17.7 Å². The fourth-order valence-electron chi connectivity index (χ4n) is 2.54. The molecule has 0 fully saturated rings. The Bertz CT molecular complexity index is 982. The SMILES string of the molecule is COc1ccc(-c2nnc(C)o2)cc1NC(=O)Cc1ccc(C(F)(F)F)cc1. The standard InChI is InChI=1S/C19H16F3N3O3/c1-11-24-25-18(28-11)13-5-8-16(27-2)15(10-13)23-17(26)9-12-3-6-14(7-4-12)19(20,21)22/h3-8,10H,9H2,1-2H3,(H,23,26). The summed E-state index contributed by atoms with van der Waals surface area (Å²) in [5.41, 5.74) is 0.660. The van der Waals surface area contributed by atoms with Crippen LogP contribution >= 0.6 is 0 Å². The first-order chi connectivity index (χ1) is 13.3. The molecule has 3 rings (SSSR count). The number of carbonyl (C=O) groups excluding carboxylic acids is 1. The highest BCUT2D eigenvalue weighted by atomic mass is 19.4. The lowest BCUT2D eigenvalue weighted by Crippen LogP contribution is -2.15. The van der Waals surface area contributed by atoms with E-state index in [0.717, 1.165) is 12.1 Å². The molecule has 0 aliphatic carbocycles. The minimum Gasteiger partial charge on any atom is -0.495 e. The quantitative estimate of drug-likeness (QED) is 0.704. The molecule has 0 bridgehead atoms. The third kappa shape index (κ3) is 4.48. The summed E-state index contributed by atoms with van der Waals surface area (Å²) in [6.07, 6.45) is -4.51. The molecule has 9 heteroatoms. The van der Waals surface area contributed by atoms with Crippen molar-refractivity contribution in [2.75, 3.05) is 12.4 Å². The summed E-state index contributed by atoms with van der Waals surface area (Å²) in [7, 11) is 1.46. The Morgan fingerprint density at radius 1 is 1.14 bits per heavy atom. The van der Waals surface area contributed by atoms with Crippen LogP contribution in [0.4, 0.5) is 18.9 Å². The minimum atomic E-state index is -4.41. The second-order valence-corrected chi connectivity index (χ2v) is 5.96. The average molecular weight is 391 g/mol. The van der Waals surface area contributed by atoms with E-state index >= 15 is 0 Å². The molecule has 0 aliphatic rings. The lowest BCUT2D eigenvalue weighted by Gasteiger charge is -2.12. The molecule has 1 N–H and O–H groups in total. The third-order valence-electron chi connectivity index (χ3n) is 3.89. The van der Waals surface area contributed by atoms with Gasteiger partial charge in [0.1, 0.15) is 5.75 Å². The predicted octanol–water partition coefficient (Wildman–Crippen LogP) is 4.25. The zero-order valence-electron chi connectivity index (χ0n) is 15.0. The van der Waals surface area contributed by atoms with Crippen LogP contribution in [0.1, 0.15) is 17.0 Å². The van der Waals surface area contributed by atoms with Crippen LogP contribution in [0, 0.1) is 6.92 Å². The number of alkyl halides is 3. The summed E-state index contributed by atoms with van der Waals surface area (Å²) in [6.45, 7) is 1.66. The Morgan fingerprint density at radius 2 is 1.86 bits per heavy atom. The molecule has 6 nitrogen and oxygen atoms in total. The normalized spacial score (nSPS) is 11.3. The van der Waals surface area contributed by atoms with Crippen molar-refractivity contribution in [1.29, 1.82) is 0 Å². The van der Waals surface area contributed by atoms with Gasteiger partial charge in [-0.05, 0) is 35.9 Å². The maximum Gasteiger partial charge on any atom is 0.416 e. The van der Waals surface area contributed by atoms with E-state index in [9.17, 15) is 18.0 Å². The third-order valence-corrected chi connectivity index (χ3v) is 3.89. The van der Waals surface area contributed by atoms with E-state index in [1.165, 1.54) is 19.2 Å². The van der Waals surface area contributed by atoms with Gasteiger partial charge in [-0.15, -0.1) is 10.2 Å². The van der Waals surface area contributed by atoms with E-state index in [0.29, 0.717) is 34.3 Å². The Hall–Kier alpha value is -3.36. The summed E-state index contributed by atoms with van der Waals surface area (Å²) in [5, 5.41) is 10.4. The highest BCUT2D eigenvalue weighted by molar-refractivity contribution is 5.94. The van der Waals surface area contributed by atoms with Gasteiger partial charge in [-0.3, -0.25) is 4.79 Å². The fraction of sp³-hybridized carbons (Fsp3) is 0.211. The van der Waals surface area contributed by atoms with Crippen LogP contribution in [0.3, 0.4) is 0 Å². The number of hydrogen-bond donors (Lipinski definition) is 1. The summed E-state index contributed by atoms with van der Waals surface area (Å²) < 4.78 is 48.5. The van der Waals surface area contributed by atoms with Crippen LogP contribution in [0.15, 0.2) is 46.9 Å². The van der Waals surface area contributed by atoms with E-state index in [1.807, 2.05) is 0 Å². The fourth-order valence-corrected chi connectivity index (χ4v) is 2.54. The molecule has 1 heterocycles. The van der Waals surface area contributed by atoms with E-state index in [4.69, 9.17) is 9.15 Å². The number of amides is 1. The molecular weight excluding hydrogens is 375 g/mol. The monoisotopic (exact) mass is 391 g/mol. The van der Waals surface area contributed by atoms with Crippen molar-refractivity contribution in [3.63, 3.8) is 0 Å². The Kier molecular flexibility index (Phi) is 5.34. The largest absolute Gasteiger partial charge is 0.495 e. The lowest BCUT2D eigenvalue weighted by molar-refractivity contribution is -0.137. The van der Waals surface area contributed by atoms with E-state index in [2.05, 4.69) is 15.5 Å². The van der Waals surface area contributed by atoms with Crippen molar-refractivity contribution in [2.24, 2.45) is 0 Å². The molecule has 0 unspecified atom stereocenters. The van der Waals surface area contributed by atoms with Gasteiger partial charge in [0.25, 0.3) is 0 Å². The Balaban J connectivity index is 1.75. The van der Waals surface area contributed by atoms with Crippen molar-refractivity contribution in [1.82, 2.24) is 10.2 Å². The van der Waals surface area contributed by atoms with Crippen LogP contribution in [-0.4, -0.2) is 23.2 Å². The number of nitrogens with zero attached hydrogens (tertiary/aromatic N) is 2. The maximum absolute atomic E-state index is 12.6. The van der Waals surface area contributed by atoms with Gasteiger partial charge >= 0.3 is 6.18 Å². The second-order valence-electron chi connectivity index (χ2n) is 5.96. The van der Waals surface area contributed by atoms with Gasteiger partial charge in [-0.1, -0.05) is 12.1 Å². The van der Waals surface area contributed by atoms with Gasteiger partial charge in [0.15, 0.2) is 0 Å². The number of carbonyl (C=O) groups is 1. The number of aromatic nitrogens is 2. The Morgan fingerprint density at radius 3 is 2.43 bits per heavy atom. The number of benzene rings is 2. The first kappa shape index (κ1) is 19.4. The summed E-state index contributed by atoms with van der Waals surface area (Å²) in [4.78, 5) is 12.3. The first-order valence-electron chi connectivity index (χ1n) is 8.21. The van der Waals surface area contributed by atoms with Crippen molar-refractivity contribution in [2.45, 2.75) is 19.5 Å². The van der Waals surface area contributed by atoms with E-state index in [-0.39, 0.29) is 6.42 Å². The summed E-state index contributed by atoms with van der Waals surface area (Å²) in [5.74, 6) is 0.703. The second kappa shape index (κ2) is 7.71. The molecule has 146 valence electrons. The zero-order valence-corrected chi connectivity index (χ0v) is 15.0. The Labute approximate surface area is 158 Å². The molecule has 0 spiro atoms. The number of ether oxygens (including phenoxy) is 1. The van der Waals surface area contributed by atoms with Crippen molar-refractivity contribution in [3.8, 4) is 17.2 Å². The topological polar surface area (TPSA) is 77.2 Å². The van der Waals surface area contributed by atoms with Gasteiger partial charge in [0.05, 0.1) is 24.8 Å². The van der Waals surface area contributed by atoms with Crippen LogP contribution in [-0.2, 0) is 17.4 Å². The van der Waals surface area contributed by atoms with Crippen molar-refractivity contribution >= 4 is 11.6 Å². The van der Waals surface area contributed by atoms with Crippen molar-refractivity contribution in [3.05, 3.63) is 59.5 Å². The highest BCUT2D eigenvalue weighted by Crippen LogP contribution is 2.31. The number of methoxy groups -OCH3 is 1. The molecule has 2 aromatic carbocycles. The number of nitrogens with one attached hydrogen (secondary N) is 1. The average Bonchev–Trinajstić information content (AvgIpc) is 3.07. The predicted molar refractivity (Wildman–Crippen MR) is 94.8 cm³/mol. The van der Waals surface area contributed by atoms with Gasteiger partial charge in [0, 0.05) is 12.5 Å². The van der Waals surface area contributed by atoms with E-state index < -0.39 is 17.6 Å². The molecule has 0 saturated heterocycles. The molecule has 28 heavy (non-hydrogen) atoms. The van der Waals surface area contributed by atoms with Crippen LogP contribution < -0.4 is 10.1 Å². The van der Waals surface area contributed by atoms with Crippen LogP contribution in [0.25, 0.3) is 11.5 Å². The molecule has 1 aromatic heterocycles. The number of halogens is 3. The molecule has 0 radical (unpaired) electrons. The molecule has 3 aromatic rings.